The lowest BCUT2D eigenvalue weighted by Gasteiger charge is -2.16. The van der Waals surface area contributed by atoms with E-state index >= 15 is 0 Å². The van der Waals surface area contributed by atoms with Gasteiger partial charge in [-0.25, -0.2) is 0 Å². The SMILES string of the molecule is Cc1[nH]ccc1C(=O)N1CC[C@@H](OCCCc2ccccc2)C1. The molecule has 1 fully saturated rings. The van der Waals surface area contributed by atoms with Crippen LogP contribution in [0.1, 0.15) is 34.5 Å². The Balaban J connectivity index is 1.40. The second-order valence-electron chi connectivity index (χ2n) is 6.14. The molecule has 1 amide bonds. The van der Waals surface area contributed by atoms with Crippen molar-refractivity contribution in [3.8, 4) is 0 Å². The number of ether oxygens (including phenoxy) is 1. The minimum Gasteiger partial charge on any atom is -0.376 e. The molecule has 1 atom stereocenters. The van der Waals surface area contributed by atoms with E-state index in [0.717, 1.165) is 43.7 Å². The average molecular weight is 312 g/mol. The topological polar surface area (TPSA) is 45.3 Å². The first kappa shape index (κ1) is 15.8. The summed E-state index contributed by atoms with van der Waals surface area (Å²) in [4.78, 5) is 17.4. The quantitative estimate of drug-likeness (QED) is 0.833. The Kier molecular flexibility index (Phi) is 5.13. The minimum absolute atomic E-state index is 0.110. The zero-order valence-electron chi connectivity index (χ0n) is 13.6. The average Bonchev–Trinajstić information content (AvgIpc) is 3.21. The molecule has 0 radical (unpaired) electrons. The van der Waals surface area contributed by atoms with Gasteiger partial charge in [-0.15, -0.1) is 0 Å². The number of hydrogen-bond acceptors (Lipinski definition) is 2. The monoisotopic (exact) mass is 312 g/mol. The van der Waals surface area contributed by atoms with E-state index in [1.165, 1.54) is 5.56 Å². The molecule has 0 saturated carbocycles. The number of amides is 1. The molecule has 1 saturated heterocycles. The van der Waals surface area contributed by atoms with E-state index in [-0.39, 0.29) is 12.0 Å². The number of aromatic amines is 1. The Morgan fingerprint density at radius 2 is 2.13 bits per heavy atom. The third-order valence-corrected chi connectivity index (χ3v) is 4.42. The van der Waals surface area contributed by atoms with Crippen molar-refractivity contribution in [1.82, 2.24) is 9.88 Å². The van der Waals surface area contributed by atoms with E-state index in [4.69, 9.17) is 4.74 Å². The van der Waals surface area contributed by atoms with Crippen LogP contribution in [0.25, 0.3) is 0 Å². The number of rotatable bonds is 6. The standard InChI is InChI=1S/C19H24N2O2/c1-15-18(9-11-20-15)19(22)21-12-10-17(14-21)23-13-5-8-16-6-3-2-4-7-16/h2-4,6-7,9,11,17,20H,5,8,10,12-14H2,1H3/t17-/m1/s1. The van der Waals surface area contributed by atoms with E-state index in [2.05, 4.69) is 29.2 Å². The maximum Gasteiger partial charge on any atom is 0.255 e. The Morgan fingerprint density at radius 1 is 1.30 bits per heavy atom. The van der Waals surface area contributed by atoms with Gasteiger partial charge in [0, 0.05) is 31.6 Å². The van der Waals surface area contributed by atoms with Crippen molar-refractivity contribution < 1.29 is 9.53 Å². The lowest BCUT2D eigenvalue weighted by molar-refractivity contribution is 0.0524. The molecule has 1 aliphatic rings. The van der Waals surface area contributed by atoms with Crippen LogP contribution >= 0.6 is 0 Å². The van der Waals surface area contributed by atoms with Gasteiger partial charge in [-0.05, 0) is 37.8 Å². The van der Waals surface area contributed by atoms with Gasteiger partial charge < -0.3 is 14.6 Å². The highest BCUT2D eigenvalue weighted by atomic mass is 16.5. The summed E-state index contributed by atoms with van der Waals surface area (Å²) in [7, 11) is 0. The van der Waals surface area contributed by atoms with Gasteiger partial charge in [-0.2, -0.15) is 0 Å². The van der Waals surface area contributed by atoms with Gasteiger partial charge in [0.25, 0.3) is 5.91 Å². The van der Waals surface area contributed by atoms with Gasteiger partial charge in [0.05, 0.1) is 11.7 Å². The van der Waals surface area contributed by atoms with E-state index in [9.17, 15) is 4.79 Å². The van der Waals surface area contributed by atoms with E-state index < -0.39 is 0 Å². The first-order valence-corrected chi connectivity index (χ1v) is 8.33. The van der Waals surface area contributed by atoms with Crippen LogP contribution in [-0.2, 0) is 11.2 Å². The van der Waals surface area contributed by atoms with Crippen molar-refractivity contribution in [2.24, 2.45) is 0 Å². The second kappa shape index (κ2) is 7.47. The molecule has 4 heteroatoms. The minimum atomic E-state index is 0.110. The van der Waals surface area contributed by atoms with Crippen molar-refractivity contribution in [2.45, 2.75) is 32.3 Å². The number of likely N-dealkylation sites (tertiary alicyclic amines) is 1. The van der Waals surface area contributed by atoms with Crippen LogP contribution in [0.3, 0.4) is 0 Å². The molecule has 2 aromatic rings. The van der Waals surface area contributed by atoms with E-state index in [1.54, 1.807) is 0 Å². The highest BCUT2D eigenvalue weighted by molar-refractivity contribution is 5.95. The van der Waals surface area contributed by atoms with Crippen LogP contribution in [0.2, 0.25) is 0 Å². The molecule has 0 bridgehead atoms. The molecule has 2 heterocycles. The normalized spacial score (nSPS) is 17.6. The molecule has 1 N–H and O–H groups in total. The number of aromatic nitrogens is 1. The summed E-state index contributed by atoms with van der Waals surface area (Å²) in [5, 5.41) is 0. The zero-order valence-corrected chi connectivity index (χ0v) is 13.6. The first-order chi connectivity index (χ1) is 11.2. The van der Waals surface area contributed by atoms with Gasteiger partial charge in [0.15, 0.2) is 0 Å². The fourth-order valence-corrected chi connectivity index (χ4v) is 3.07. The smallest absolute Gasteiger partial charge is 0.255 e. The number of carbonyl (C=O) groups excluding carboxylic acids is 1. The lowest BCUT2D eigenvalue weighted by Crippen LogP contribution is -2.30. The summed E-state index contributed by atoms with van der Waals surface area (Å²) in [5.74, 6) is 0.110. The molecule has 122 valence electrons. The van der Waals surface area contributed by atoms with Gasteiger partial charge in [-0.1, -0.05) is 30.3 Å². The Bertz CT molecular complexity index is 636. The number of nitrogens with one attached hydrogen (secondary N) is 1. The number of H-pyrrole nitrogens is 1. The van der Waals surface area contributed by atoms with Crippen molar-refractivity contribution in [2.75, 3.05) is 19.7 Å². The van der Waals surface area contributed by atoms with Crippen LogP contribution in [0.5, 0.6) is 0 Å². The summed E-state index contributed by atoms with van der Waals surface area (Å²) in [6.45, 7) is 4.17. The number of hydrogen-bond donors (Lipinski definition) is 1. The summed E-state index contributed by atoms with van der Waals surface area (Å²) in [6.07, 6.45) is 4.98. The fourth-order valence-electron chi connectivity index (χ4n) is 3.07. The van der Waals surface area contributed by atoms with Crippen LogP contribution in [-0.4, -0.2) is 41.6 Å². The largest absolute Gasteiger partial charge is 0.376 e. The third kappa shape index (κ3) is 4.02. The molecule has 0 aliphatic carbocycles. The number of benzene rings is 1. The fraction of sp³-hybridized carbons (Fsp3) is 0.421. The van der Waals surface area contributed by atoms with Crippen LogP contribution in [0.4, 0.5) is 0 Å². The highest BCUT2D eigenvalue weighted by Crippen LogP contribution is 2.18. The molecule has 23 heavy (non-hydrogen) atoms. The summed E-state index contributed by atoms with van der Waals surface area (Å²) >= 11 is 0. The lowest BCUT2D eigenvalue weighted by atomic mass is 10.1. The molecule has 1 aromatic heterocycles. The van der Waals surface area contributed by atoms with E-state index in [1.807, 2.05) is 30.2 Å². The molecule has 4 nitrogen and oxygen atoms in total. The summed E-state index contributed by atoms with van der Waals surface area (Å²) in [5.41, 5.74) is 3.05. The molecular weight excluding hydrogens is 288 g/mol. The van der Waals surface area contributed by atoms with E-state index in [0.29, 0.717) is 6.54 Å². The van der Waals surface area contributed by atoms with Crippen LogP contribution in [0, 0.1) is 6.92 Å². The summed E-state index contributed by atoms with van der Waals surface area (Å²) < 4.78 is 5.95. The molecule has 0 unspecified atom stereocenters. The molecule has 1 aromatic carbocycles. The predicted octanol–water partition coefficient (Wildman–Crippen LogP) is 3.19. The third-order valence-electron chi connectivity index (χ3n) is 4.42. The Labute approximate surface area is 137 Å². The van der Waals surface area contributed by atoms with Crippen LogP contribution in [0.15, 0.2) is 42.6 Å². The van der Waals surface area contributed by atoms with Gasteiger partial charge >= 0.3 is 0 Å². The molecular formula is C19H24N2O2. The van der Waals surface area contributed by atoms with Crippen molar-refractivity contribution in [3.05, 3.63) is 59.4 Å². The highest BCUT2D eigenvalue weighted by Gasteiger charge is 2.28. The van der Waals surface area contributed by atoms with Crippen molar-refractivity contribution in [1.29, 1.82) is 0 Å². The summed E-state index contributed by atoms with van der Waals surface area (Å²) in [6, 6.07) is 12.3. The predicted molar refractivity (Wildman–Crippen MR) is 90.6 cm³/mol. The Morgan fingerprint density at radius 3 is 2.87 bits per heavy atom. The molecule has 3 rings (SSSR count). The Hall–Kier alpha value is -2.07. The second-order valence-corrected chi connectivity index (χ2v) is 6.14. The zero-order chi connectivity index (χ0) is 16.1. The van der Waals surface area contributed by atoms with Crippen molar-refractivity contribution in [3.63, 3.8) is 0 Å². The first-order valence-electron chi connectivity index (χ1n) is 8.33. The van der Waals surface area contributed by atoms with Gasteiger partial charge in [0.1, 0.15) is 0 Å². The maximum atomic E-state index is 12.4. The van der Waals surface area contributed by atoms with Crippen LogP contribution < -0.4 is 0 Å². The molecule has 1 aliphatic heterocycles. The van der Waals surface area contributed by atoms with Crippen molar-refractivity contribution >= 4 is 5.91 Å². The van der Waals surface area contributed by atoms with Gasteiger partial charge in [0.2, 0.25) is 0 Å². The number of nitrogens with zero attached hydrogens (tertiary/aromatic N) is 1. The molecule has 0 spiro atoms. The number of aryl methyl sites for hydroxylation is 2. The maximum absolute atomic E-state index is 12.4. The number of carbonyl (C=O) groups is 1. The van der Waals surface area contributed by atoms with Gasteiger partial charge in [-0.3, -0.25) is 4.79 Å².